The molecule has 0 amide bonds. The van der Waals surface area contributed by atoms with Crippen LogP contribution in [0.1, 0.15) is 17.3 Å². The molecule has 0 spiro atoms. The van der Waals surface area contributed by atoms with Crippen LogP contribution in [0, 0.1) is 0 Å². The fourth-order valence-corrected chi connectivity index (χ4v) is 1.96. The first-order chi connectivity index (χ1) is 8.28. The summed E-state index contributed by atoms with van der Waals surface area (Å²) in [5.41, 5.74) is 1.16. The number of likely N-dealkylation sites (N-methyl/N-ethyl adjacent to an activating group) is 1. The Balaban J connectivity index is 2.01. The number of aromatic nitrogens is 2. The van der Waals surface area contributed by atoms with E-state index in [1.54, 1.807) is 0 Å². The zero-order chi connectivity index (χ0) is 12.1. The highest BCUT2D eigenvalue weighted by Crippen LogP contribution is 2.14. The summed E-state index contributed by atoms with van der Waals surface area (Å²) in [5, 5.41) is 11.1. The Kier molecular flexibility index (Phi) is 4.28. The summed E-state index contributed by atoms with van der Waals surface area (Å²) in [6.07, 6.45) is 1.44. The normalized spacial score (nSPS) is 10.7. The Labute approximate surface area is 109 Å². The molecule has 4 nitrogen and oxygen atoms in total. The van der Waals surface area contributed by atoms with E-state index in [0.717, 1.165) is 23.0 Å². The highest BCUT2D eigenvalue weighted by atomic mass is 79.9. The van der Waals surface area contributed by atoms with E-state index in [-0.39, 0.29) is 0 Å². The Bertz CT molecular complexity index is 484. The second-order valence-corrected chi connectivity index (χ2v) is 4.67. The minimum Gasteiger partial charge on any atom is -0.425 e. The fourth-order valence-electron chi connectivity index (χ4n) is 1.51. The van der Waals surface area contributed by atoms with Crippen LogP contribution in [0.15, 0.2) is 33.2 Å². The third-order valence-electron chi connectivity index (χ3n) is 2.34. The van der Waals surface area contributed by atoms with Gasteiger partial charge in [-0.1, -0.05) is 28.1 Å². The summed E-state index contributed by atoms with van der Waals surface area (Å²) in [5.74, 6) is 1.35. The largest absolute Gasteiger partial charge is 0.425 e. The second-order valence-electron chi connectivity index (χ2n) is 3.75. The summed E-state index contributed by atoms with van der Waals surface area (Å²) in [7, 11) is 1.90. The van der Waals surface area contributed by atoms with Gasteiger partial charge in [0.15, 0.2) is 0 Å². The zero-order valence-corrected chi connectivity index (χ0v) is 11.2. The smallest absolute Gasteiger partial charge is 0.220 e. The first-order valence-electron chi connectivity index (χ1n) is 5.48. The molecule has 0 aliphatic rings. The molecule has 0 aliphatic carbocycles. The fraction of sp³-hybridized carbons (Fsp3) is 0.333. The van der Waals surface area contributed by atoms with E-state index >= 15 is 0 Å². The van der Waals surface area contributed by atoms with E-state index in [2.05, 4.69) is 37.5 Å². The lowest BCUT2D eigenvalue weighted by Gasteiger charge is -1.97. The topological polar surface area (TPSA) is 51.0 Å². The third-order valence-corrected chi connectivity index (χ3v) is 2.84. The van der Waals surface area contributed by atoms with Gasteiger partial charge in [-0.25, -0.2) is 0 Å². The van der Waals surface area contributed by atoms with Crippen molar-refractivity contribution in [2.45, 2.75) is 12.8 Å². The Hall–Kier alpha value is -1.20. The molecule has 0 fully saturated rings. The maximum absolute atomic E-state index is 5.55. The van der Waals surface area contributed by atoms with Crippen molar-refractivity contribution in [2.75, 3.05) is 13.6 Å². The highest BCUT2D eigenvalue weighted by molar-refractivity contribution is 9.10. The number of rotatable bonds is 5. The number of nitrogens with zero attached hydrogens (tertiary/aromatic N) is 2. The van der Waals surface area contributed by atoms with Gasteiger partial charge in [-0.3, -0.25) is 0 Å². The van der Waals surface area contributed by atoms with Crippen LogP contribution >= 0.6 is 15.9 Å². The van der Waals surface area contributed by atoms with Crippen molar-refractivity contribution < 1.29 is 4.42 Å². The molecule has 1 heterocycles. The van der Waals surface area contributed by atoms with E-state index < -0.39 is 0 Å². The van der Waals surface area contributed by atoms with Crippen molar-refractivity contribution in [3.05, 3.63) is 46.1 Å². The third kappa shape index (κ3) is 3.64. The molecule has 0 radical (unpaired) electrons. The number of nitrogens with one attached hydrogen (secondary N) is 1. The number of halogens is 1. The minimum absolute atomic E-state index is 0.661. The number of hydrogen-bond acceptors (Lipinski definition) is 4. The molecular weight excluding hydrogens is 282 g/mol. The number of benzene rings is 1. The van der Waals surface area contributed by atoms with Gasteiger partial charge < -0.3 is 9.73 Å². The predicted octanol–water partition coefficient (Wildman–Crippen LogP) is 2.18. The zero-order valence-electron chi connectivity index (χ0n) is 9.61. The van der Waals surface area contributed by atoms with Crippen LogP contribution in [0.2, 0.25) is 0 Å². The van der Waals surface area contributed by atoms with Gasteiger partial charge in [-0.05, 0) is 24.7 Å². The van der Waals surface area contributed by atoms with Crippen LogP contribution < -0.4 is 5.32 Å². The van der Waals surface area contributed by atoms with Gasteiger partial charge in [0.05, 0.1) is 6.42 Å². The summed E-state index contributed by atoms with van der Waals surface area (Å²) >= 11 is 3.44. The van der Waals surface area contributed by atoms with E-state index in [9.17, 15) is 0 Å². The lowest BCUT2D eigenvalue weighted by Crippen LogP contribution is -2.10. The Morgan fingerprint density at radius 1 is 1.29 bits per heavy atom. The van der Waals surface area contributed by atoms with E-state index in [0.29, 0.717) is 18.2 Å². The summed E-state index contributed by atoms with van der Waals surface area (Å²) < 4.78 is 6.61. The van der Waals surface area contributed by atoms with Gasteiger partial charge in [0, 0.05) is 17.4 Å². The summed E-state index contributed by atoms with van der Waals surface area (Å²) in [6.45, 7) is 0.846. The molecule has 1 aromatic heterocycles. The molecule has 2 aromatic rings. The average Bonchev–Trinajstić information content (AvgIpc) is 2.74. The summed E-state index contributed by atoms with van der Waals surface area (Å²) in [4.78, 5) is 0. The van der Waals surface area contributed by atoms with Crippen molar-refractivity contribution >= 4 is 15.9 Å². The lowest BCUT2D eigenvalue weighted by molar-refractivity contribution is 0.454. The van der Waals surface area contributed by atoms with Gasteiger partial charge in [0.25, 0.3) is 0 Å². The SMILES string of the molecule is CNCCc1nnc(Cc2cccc(Br)c2)o1. The summed E-state index contributed by atoms with van der Waals surface area (Å²) in [6, 6.07) is 8.09. The molecule has 0 aliphatic heterocycles. The molecule has 17 heavy (non-hydrogen) atoms. The van der Waals surface area contributed by atoms with Crippen LogP contribution in [-0.4, -0.2) is 23.8 Å². The van der Waals surface area contributed by atoms with Gasteiger partial charge in [-0.2, -0.15) is 0 Å². The monoisotopic (exact) mass is 295 g/mol. The van der Waals surface area contributed by atoms with E-state index in [1.165, 1.54) is 0 Å². The van der Waals surface area contributed by atoms with Gasteiger partial charge in [-0.15, -0.1) is 10.2 Å². The maximum Gasteiger partial charge on any atom is 0.220 e. The van der Waals surface area contributed by atoms with Crippen LogP contribution in [-0.2, 0) is 12.8 Å². The van der Waals surface area contributed by atoms with Gasteiger partial charge >= 0.3 is 0 Å². The highest BCUT2D eigenvalue weighted by Gasteiger charge is 2.06. The molecule has 0 bridgehead atoms. The molecule has 0 saturated carbocycles. The molecule has 0 unspecified atom stereocenters. The van der Waals surface area contributed by atoms with Crippen molar-refractivity contribution in [3.8, 4) is 0 Å². The first-order valence-corrected chi connectivity index (χ1v) is 6.27. The molecule has 1 aromatic carbocycles. The first kappa shape index (κ1) is 12.3. The molecule has 1 N–H and O–H groups in total. The Morgan fingerprint density at radius 3 is 2.88 bits per heavy atom. The molecule has 5 heteroatoms. The van der Waals surface area contributed by atoms with Crippen molar-refractivity contribution in [3.63, 3.8) is 0 Å². The standard InChI is InChI=1S/C12H14BrN3O/c1-14-6-5-11-15-16-12(17-11)8-9-3-2-4-10(13)7-9/h2-4,7,14H,5-6,8H2,1H3. The van der Waals surface area contributed by atoms with Crippen LogP contribution in [0.3, 0.4) is 0 Å². The molecule has 90 valence electrons. The molecule has 0 atom stereocenters. The maximum atomic E-state index is 5.55. The molecular formula is C12H14BrN3O. The van der Waals surface area contributed by atoms with Crippen molar-refractivity contribution in [1.82, 2.24) is 15.5 Å². The molecule has 0 saturated heterocycles. The Morgan fingerprint density at radius 2 is 2.12 bits per heavy atom. The van der Waals surface area contributed by atoms with Gasteiger partial charge in [0.2, 0.25) is 11.8 Å². The molecule has 2 rings (SSSR count). The van der Waals surface area contributed by atoms with Crippen molar-refractivity contribution in [1.29, 1.82) is 0 Å². The lowest BCUT2D eigenvalue weighted by atomic mass is 10.1. The predicted molar refractivity (Wildman–Crippen MR) is 68.9 cm³/mol. The number of hydrogen-bond donors (Lipinski definition) is 1. The van der Waals surface area contributed by atoms with Gasteiger partial charge in [0.1, 0.15) is 0 Å². The minimum atomic E-state index is 0.661. The van der Waals surface area contributed by atoms with Crippen LogP contribution in [0.5, 0.6) is 0 Å². The van der Waals surface area contributed by atoms with E-state index in [1.807, 2.05) is 25.2 Å². The van der Waals surface area contributed by atoms with Crippen LogP contribution in [0.25, 0.3) is 0 Å². The second kappa shape index (κ2) is 5.93. The quantitative estimate of drug-likeness (QED) is 0.919. The van der Waals surface area contributed by atoms with Crippen LogP contribution in [0.4, 0.5) is 0 Å². The van der Waals surface area contributed by atoms with Crippen molar-refractivity contribution in [2.24, 2.45) is 0 Å². The van der Waals surface area contributed by atoms with E-state index in [4.69, 9.17) is 4.42 Å². The average molecular weight is 296 g/mol.